The maximum Gasteiger partial charge on any atom is 0.331 e. The van der Waals surface area contributed by atoms with Gasteiger partial charge in [0.25, 0.3) is 10.1 Å². The molecular formula is C10H16O7S. The SMILES string of the molecule is C#CCOC(=O)CCC.CS(=O)(=O)OCC(=O)O. The van der Waals surface area contributed by atoms with E-state index in [0.29, 0.717) is 6.42 Å². The molecule has 7 nitrogen and oxygen atoms in total. The third kappa shape index (κ3) is 19.9. The molecule has 1 N–H and O–H groups in total. The molecule has 0 aromatic heterocycles. The molecule has 0 aliphatic rings. The number of hydrogen-bond acceptors (Lipinski definition) is 6. The quantitative estimate of drug-likeness (QED) is 0.415. The van der Waals surface area contributed by atoms with Crippen LogP contribution in [-0.2, 0) is 28.6 Å². The molecule has 0 amide bonds. The molecule has 0 fully saturated rings. The molecule has 0 unspecified atom stereocenters. The number of rotatable bonds is 6. The molecule has 0 spiro atoms. The summed E-state index contributed by atoms with van der Waals surface area (Å²) in [5.41, 5.74) is 0. The fraction of sp³-hybridized carbons (Fsp3) is 0.600. The topological polar surface area (TPSA) is 107 Å². The van der Waals surface area contributed by atoms with Gasteiger partial charge in [0.15, 0.2) is 13.2 Å². The van der Waals surface area contributed by atoms with Crippen molar-refractivity contribution < 1.29 is 32.0 Å². The first-order valence-corrected chi connectivity index (χ1v) is 6.69. The van der Waals surface area contributed by atoms with Crippen molar-refractivity contribution in [1.82, 2.24) is 0 Å². The van der Waals surface area contributed by atoms with Gasteiger partial charge >= 0.3 is 11.9 Å². The lowest BCUT2D eigenvalue weighted by molar-refractivity contribution is -0.142. The van der Waals surface area contributed by atoms with Crippen LogP contribution in [0.25, 0.3) is 0 Å². The molecule has 0 atom stereocenters. The highest BCUT2D eigenvalue weighted by molar-refractivity contribution is 7.86. The van der Waals surface area contributed by atoms with Gasteiger partial charge in [-0.05, 0) is 6.42 Å². The van der Waals surface area contributed by atoms with Crippen LogP contribution < -0.4 is 0 Å². The lowest BCUT2D eigenvalue weighted by atomic mass is 10.3. The number of esters is 1. The molecule has 0 radical (unpaired) electrons. The van der Waals surface area contributed by atoms with Gasteiger partial charge in [-0.1, -0.05) is 12.8 Å². The number of carboxylic acid groups (broad SMARTS) is 1. The van der Waals surface area contributed by atoms with E-state index in [2.05, 4.69) is 14.8 Å². The summed E-state index contributed by atoms with van der Waals surface area (Å²) in [7, 11) is -3.60. The van der Waals surface area contributed by atoms with Gasteiger partial charge in [0.2, 0.25) is 0 Å². The summed E-state index contributed by atoms with van der Waals surface area (Å²) in [5, 5.41) is 7.89. The van der Waals surface area contributed by atoms with Crippen LogP contribution in [0.5, 0.6) is 0 Å². The van der Waals surface area contributed by atoms with Crippen LogP contribution in [0.15, 0.2) is 0 Å². The van der Waals surface area contributed by atoms with Gasteiger partial charge in [-0.25, -0.2) is 4.79 Å². The minimum absolute atomic E-state index is 0.0961. The molecule has 18 heavy (non-hydrogen) atoms. The minimum Gasteiger partial charge on any atom is -0.479 e. The van der Waals surface area contributed by atoms with E-state index >= 15 is 0 Å². The smallest absolute Gasteiger partial charge is 0.331 e. The molecule has 0 saturated carbocycles. The van der Waals surface area contributed by atoms with Crippen LogP contribution in [0.4, 0.5) is 0 Å². The zero-order valence-electron chi connectivity index (χ0n) is 10.2. The molecule has 0 aromatic rings. The Morgan fingerprint density at radius 1 is 1.39 bits per heavy atom. The first-order chi connectivity index (χ1) is 8.22. The zero-order valence-corrected chi connectivity index (χ0v) is 11.0. The predicted molar refractivity (Wildman–Crippen MR) is 63.1 cm³/mol. The molecule has 104 valence electrons. The number of aliphatic carboxylic acids is 1. The second kappa shape index (κ2) is 10.6. The Labute approximate surface area is 106 Å². The van der Waals surface area contributed by atoms with Gasteiger partial charge < -0.3 is 9.84 Å². The summed E-state index contributed by atoms with van der Waals surface area (Å²) in [5.74, 6) is 0.696. The van der Waals surface area contributed by atoms with Crippen molar-refractivity contribution in [3.63, 3.8) is 0 Å². The summed E-state index contributed by atoms with van der Waals surface area (Å²) in [4.78, 5) is 20.1. The second-order valence-corrected chi connectivity index (χ2v) is 4.62. The van der Waals surface area contributed by atoms with Crippen molar-refractivity contribution in [3.05, 3.63) is 0 Å². The third-order valence-electron chi connectivity index (χ3n) is 1.17. The maximum atomic E-state index is 10.5. The molecular weight excluding hydrogens is 264 g/mol. The van der Waals surface area contributed by atoms with E-state index in [9.17, 15) is 18.0 Å². The Hall–Kier alpha value is -1.59. The van der Waals surface area contributed by atoms with E-state index < -0.39 is 22.7 Å². The highest BCUT2D eigenvalue weighted by Gasteiger charge is 2.04. The lowest BCUT2D eigenvalue weighted by Crippen LogP contribution is -2.11. The van der Waals surface area contributed by atoms with E-state index in [1.54, 1.807) is 0 Å². The number of ether oxygens (including phenoxy) is 1. The zero-order chi connectivity index (χ0) is 14.6. The molecule has 0 bridgehead atoms. The van der Waals surface area contributed by atoms with Crippen LogP contribution >= 0.6 is 0 Å². The van der Waals surface area contributed by atoms with Crippen molar-refractivity contribution in [1.29, 1.82) is 0 Å². The first-order valence-electron chi connectivity index (χ1n) is 4.88. The van der Waals surface area contributed by atoms with Gasteiger partial charge in [0.05, 0.1) is 6.26 Å². The van der Waals surface area contributed by atoms with Gasteiger partial charge in [-0.15, -0.1) is 6.42 Å². The van der Waals surface area contributed by atoms with E-state index in [0.717, 1.165) is 12.7 Å². The summed E-state index contributed by atoms with van der Waals surface area (Å²) >= 11 is 0. The van der Waals surface area contributed by atoms with E-state index in [4.69, 9.17) is 11.5 Å². The monoisotopic (exact) mass is 280 g/mol. The third-order valence-corrected chi connectivity index (χ3v) is 1.71. The number of carbonyl (C=O) groups excluding carboxylic acids is 1. The molecule has 0 heterocycles. The summed E-state index contributed by atoms with van der Waals surface area (Å²) < 4.78 is 28.5. The maximum absolute atomic E-state index is 10.5. The highest BCUT2D eigenvalue weighted by Crippen LogP contribution is 1.89. The average Bonchev–Trinajstić information content (AvgIpc) is 2.24. The number of carboxylic acids is 1. The van der Waals surface area contributed by atoms with Crippen molar-refractivity contribution in [3.8, 4) is 12.3 Å². The molecule has 0 rings (SSSR count). The minimum atomic E-state index is -3.60. The summed E-state index contributed by atoms with van der Waals surface area (Å²) in [6.07, 6.45) is 6.90. The van der Waals surface area contributed by atoms with Gasteiger partial charge in [0, 0.05) is 6.42 Å². The normalized spacial score (nSPS) is 9.61. The van der Waals surface area contributed by atoms with Crippen molar-refractivity contribution >= 4 is 22.1 Å². The van der Waals surface area contributed by atoms with E-state index in [-0.39, 0.29) is 12.6 Å². The summed E-state index contributed by atoms with van der Waals surface area (Å²) in [6.45, 7) is 1.20. The fourth-order valence-electron chi connectivity index (χ4n) is 0.556. The number of carbonyl (C=O) groups is 2. The standard InChI is InChI=1S/C7H10O2.C3H6O5S/c1-3-5-7(8)9-6-4-2;1-9(6,7)8-2-3(4)5/h2H,3,5-6H2,1H3;2H2,1H3,(H,4,5). The Morgan fingerprint density at radius 3 is 2.22 bits per heavy atom. The Bertz CT molecular complexity index is 391. The second-order valence-electron chi connectivity index (χ2n) is 2.97. The van der Waals surface area contributed by atoms with E-state index in [1.807, 2.05) is 6.92 Å². The average molecular weight is 280 g/mol. The molecule has 0 aliphatic carbocycles. The Morgan fingerprint density at radius 2 is 1.94 bits per heavy atom. The highest BCUT2D eigenvalue weighted by atomic mass is 32.2. The van der Waals surface area contributed by atoms with Crippen LogP contribution in [0.1, 0.15) is 19.8 Å². The predicted octanol–water partition coefficient (Wildman–Crippen LogP) is 0.0101. The molecule has 0 saturated heterocycles. The van der Waals surface area contributed by atoms with Gasteiger partial charge in [-0.3, -0.25) is 8.98 Å². The van der Waals surface area contributed by atoms with Crippen molar-refractivity contribution in [2.24, 2.45) is 0 Å². The lowest BCUT2D eigenvalue weighted by Gasteiger charge is -1.95. The van der Waals surface area contributed by atoms with Crippen molar-refractivity contribution in [2.75, 3.05) is 19.5 Å². The van der Waals surface area contributed by atoms with Crippen LogP contribution in [0.3, 0.4) is 0 Å². The number of terminal acetylenes is 1. The fourth-order valence-corrected chi connectivity index (χ4v) is 0.871. The van der Waals surface area contributed by atoms with Gasteiger partial charge in [-0.2, -0.15) is 8.42 Å². The van der Waals surface area contributed by atoms with Gasteiger partial charge in [0.1, 0.15) is 0 Å². The van der Waals surface area contributed by atoms with Crippen LogP contribution in [0.2, 0.25) is 0 Å². The van der Waals surface area contributed by atoms with Crippen molar-refractivity contribution in [2.45, 2.75) is 19.8 Å². The molecule has 0 aromatic carbocycles. The number of hydrogen-bond donors (Lipinski definition) is 1. The Balaban J connectivity index is 0. The Kier molecular flexibility index (Phi) is 11.0. The molecule has 0 aliphatic heterocycles. The van der Waals surface area contributed by atoms with E-state index in [1.165, 1.54) is 0 Å². The van der Waals surface area contributed by atoms with Crippen LogP contribution in [-0.4, -0.2) is 44.9 Å². The first kappa shape index (κ1) is 18.8. The van der Waals surface area contributed by atoms with Crippen LogP contribution in [0, 0.1) is 12.3 Å². The largest absolute Gasteiger partial charge is 0.479 e. The summed E-state index contributed by atoms with van der Waals surface area (Å²) in [6, 6.07) is 0. The molecule has 8 heteroatoms.